The van der Waals surface area contributed by atoms with Gasteiger partial charge in [-0.05, 0) is 43.5 Å². The number of hydrogen-bond acceptors (Lipinski definition) is 0. The van der Waals surface area contributed by atoms with E-state index in [2.05, 4.69) is 0 Å². The maximum absolute atomic E-state index is 15.5. The fourth-order valence-electron chi connectivity index (χ4n) is 4.21. The summed E-state index contributed by atoms with van der Waals surface area (Å²) < 4.78 is 33.1. The van der Waals surface area contributed by atoms with E-state index in [-0.39, 0.29) is 5.15 Å². The SMILES string of the molecule is CC1=C2C=C3CCc4ccccc4C3=[N+]2[B-](F)(F)n2c(Cl)ccc21. The summed E-state index contributed by atoms with van der Waals surface area (Å²) in [6, 6.07) is 11.1. The van der Waals surface area contributed by atoms with Crippen LogP contribution in [0.2, 0.25) is 5.15 Å². The van der Waals surface area contributed by atoms with E-state index in [4.69, 9.17) is 11.6 Å². The van der Waals surface area contributed by atoms with Gasteiger partial charge in [-0.1, -0.05) is 29.8 Å². The van der Waals surface area contributed by atoms with E-state index < -0.39 is 6.97 Å². The number of halogens is 3. The summed E-state index contributed by atoms with van der Waals surface area (Å²) in [7, 11) is 0. The Morgan fingerprint density at radius 3 is 2.75 bits per heavy atom. The molecule has 2 nitrogen and oxygen atoms in total. The van der Waals surface area contributed by atoms with Crippen molar-refractivity contribution in [3.05, 3.63) is 75.7 Å². The highest BCUT2D eigenvalue weighted by Gasteiger charge is 2.55. The summed E-state index contributed by atoms with van der Waals surface area (Å²) >= 11 is 6.10. The van der Waals surface area contributed by atoms with Crippen LogP contribution in [0.3, 0.4) is 0 Å². The van der Waals surface area contributed by atoms with E-state index in [0.29, 0.717) is 17.1 Å². The lowest BCUT2D eigenvalue weighted by Crippen LogP contribution is -2.51. The van der Waals surface area contributed by atoms with Gasteiger partial charge in [0.1, 0.15) is 0 Å². The molecule has 3 aliphatic rings. The number of benzene rings is 1. The topological polar surface area (TPSA) is 7.94 Å². The van der Waals surface area contributed by atoms with Crippen LogP contribution < -0.4 is 0 Å². The van der Waals surface area contributed by atoms with Crippen LogP contribution >= 0.6 is 11.6 Å². The largest absolute Gasteiger partial charge is 0.738 e. The van der Waals surface area contributed by atoms with E-state index in [1.54, 1.807) is 12.1 Å². The molecule has 0 amide bonds. The minimum Gasteiger partial charge on any atom is -0.389 e. The van der Waals surface area contributed by atoms with Crippen LogP contribution in [0.25, 0.3) is 5.57 Å². The number of hydrogen-bond donors (Lipinski definition) is 0. The molecule has 0 radical (unpaired) electrons. The van der Waals surface area contributed by atoms with Gasteiger partial charge in [-0.3, -0.25) is 0 Å². The van der Waals surface area contributed by atoms with Crippen molar-refractivity contribution in [2.75, 3.05) is 0 Å². The number of aromatic nitrogens is 1. The first-order chi connectivity index (χ1) is 11.5. The highest BCUT2D eigenvalue weighted by Crippen LogP contribution is 2.42. The van der Waals surface area contributed by atoms with Crippen LogP contribution in [-0.4, -0.2) is 21.6 Å². The van der Waals surface area contributed by atoms with Gasteiger partial charge in [0.05, 0.1) is 5.15 Å². The molecule has 6 heteroatoms. The average molecular weight is 343 g/mol. The summed E-state index contributed by atoms with van der Waals surface area (Å²) in [6.07, 6.45) is 3.60. The maximum atomic E-state index is 15.5. The Bertz CT molecular complexity index is 1010. The predicted octanol–water partition coefficient (Wildman–Crippen LogP) is 4.50. The van der Waals surface area contributed by atoms with Crippen LogP contribution in [0, 0.1) is 0 Å². The Morgan fingerprint density at radius 1 is 1.12 bits per heavy atom. The molecule has 2 aliphatic heterocycles. The third kappa shape index (κ3) is 1.58. The highest BCUT2D eigenvalue weighted by molar-refractivity contribution is 6.60. The van der Waals surface area contributed by atoms with Gasteiger partial charge in [0.25, 0.3) is 0 Å². The highest BCUT2D eigenvalue weighted by atomic mass is 35.5. The molecule has 1 aromatic heterocycles. The number of allylic oxidation sites excluding steroid dienone is 3. The Hall–Kier alpha value is -2.14. The second-order valence-corrected chi connectivity index (χ2v) is 6.94. The van der Waals surface area contributed by atoms with Gasteiger partial charge in [0, 0.05) is 28.5 Å². The normalized spacial score (nSPS) is 20.4. The molecular formula is C18H14BClF2N2. The molecule has 2 aromatic rings. The van der Waals surface area contributed by atoms with Gasteiger partial charge in [0.2, 0.25) is 0 Å². The van der Waals surface area contributed by atoms with Gasteiger partial charge in [-0.15, -0.1) is 0 Å². The molecule has 0 saturated heterocycles. The van der Waals surface area contributed by atoms with E-state index in [0.717, 1.165) is 39.6 Å². The molecule has 0 bridgehead atoms. The van der Waals surface area contributed by atoms with Gasteiger partial charge in [-0.25, -0.2) is 0 Å². The molecule has 0 N–H and O–H groups in total. The first kappa shape index (κ1) is 14.2. The van der Waals surface area contributed by atoms with Crippen molar-refractivity contribution in [3.8, 4) is 0 Å². The summed E-state index contributed by atoms with van der Waals surface area (Å²) in [5, 5.41) is 0.0755. The van der Waals surface area contributed by atoms with Crippen molar-refractivity contribution in [2.45, 2.75) is 19.8 Å². The van der Waals surface area contributed by atoms with Crippen LogP contribution in [0.1, 0.15) is 30.2 Å². The Kier molecular flexibility index (Phi) is 2.66. The summed E-state index contributed by atoms with van der Waals surface area (Å²) in [5.41, 5.74) is 5.61. The number of aryl methyl sites for hydroxylation is 1. The molecule has 0 atom stereocenters. The van der Waals surface area contributed by atoms with E-state index in [1.807, 2.05) is 37.3 Å². The fraction of sp³-hybridized carbons (Fsp3) is 0.167. The van der Waals surface area contributed by atoms with E-state index >= 15 is 8.63 Å². The van der Waals surface area contributed by atoms with Gasteiger partial charge < -0.3 is 17.6 Å². The van der Waals surface area contributed by atoms with Crippen molar-refractivity contribution >= 4 is 29.9 Å². The van der Waals surface area contributed by atoms with E-state index in [1.165, 1.54) is 4.49 Å². The molecule has 1 aliphatic carbocycles. The molecule has 0 spiro atoms. The van der Waals surface area contributed by atoms with Crippen molar-refractivity contribution in [1.82, 2.24) is 4.48 Å². The lowest BCUT2D eigenvalue weighted by molar-refractivity contribution is -0.361. The fourth-order valence-corrected chi connectivity index (χ4v) is 4.48. The number of fused-ring (bicyclic) bond motifs is 5. The molecular weight excluding hydrogens is 328 g/mol. The van der Waals surface area contributed by atoms with Crippen LogP contribution in [0.5, 0.6) is 0 Å². The minimum atomic E-state index is -4.02. The smallest absolute Gasteiger partial charge is 0.389 e. The summed E-state index contributed by atoms with van der Waals surface area (Å²) in [6.45, 7) is -2.13. The molecule has 24 heavy (non-hydrogen) atoms. The second kappa shape index (κ2) is 4.48. The van der Waals surface area contributed by atoms with Gasteiger partial charge >= 0.3 is 6.97 Å². The predicted molar refractivity (Wildman–Crippen MR) is 92.6 cm³/mol. The Balaban J connectivity index is 1.91. The van der Waals surface area contributed by atoms with Crippen molar-refractivity contribution < 1.29 is 13.1 Å². The Morgan fingerprint density at radius 2 is 1.92 bits per heavy atom. The van der Waals surface area contributed by atoms with Crippen LogP contribution in [0.15, 0.2) is 53.7 Å². The second-order valence-electron chi connectivity index (χ2n) is 6.56. The first-order valence-electron chi connectivity index (χ1n) is 8.06. The lowest BCUT2D eigenvalue weighted by Gasteiger charge is -2.32. The minimum absolute atomic E-state index is 0.0755. The quantitative estimate of drug-likeness (QED) is 0.623. The number of rotatable bonds is 0. The van der Waals surface area contributed by atoms with Gasteiger partial charge in [-0.2, -0.15) is 0 Å². The molecule has 0 saturated carbocycles. The Labute approximate surface area is 143 Å². The third-order valence-electron chi connectivity index (χ3n) is 5.31. The molecule has 120 valence electrons. The van der Waals surface area contributed by atoms with Crippen molar-refractivity contribution in [3.63, 3.8) is 0 Å². The van der Waals surface area contributed by atoms with Crippen molar-refractivity contribution in [1.29, 1.82) is 0 Å². The van der Waals surface area contributed by atoms with E-state index in [9.17, 15) is 0 Å². The zero-order chi connectivity index (χ0) is 16.6. The van der Waals surface area contributed by atoms with Crippen molar-refractivity contribution in [2.24, 2.45) is 0 Å². The molecule has 3 heterocycles. The monoisotopic (exact) mass is 342 g/mol. The first-order valence-corrected chi connectivity index (χ1v) is 8.44. The van der Waals surface area contributed by atoms with Gasteiger partial charge in [0.15, 0.2) is 11.4 Å². The molecule has 0 unspecified atom stereocenters. The summed E-state index contributed by atoms with van der Waals surface area (Å²) in [5.74, 6) is 0. The zero-order valence-corrected chi connectivity index (χ0v) is 13.8. The average Bonchev–Trinajstić information content (AvgIpc) is 3.15. The summed E-state index contributed by atoms with van der Waals surface area (Å²) in [4.78, 5) is 0. The zero-order valence-electron chi connectivity index (χ0n) is 13.1. The van der Waals surface area contributed by atoms with Crippen LogP contribution in [-0.2, 0) is 6.42 Å². The standard InChI is InChI=1S/C18H14BClF2N2/c1-11-15-8-9-17(20)23(15)19(21,22)24-16(11)10-13-7-6-12-4-2-3-5-14(12)18(13)24/h2-5,8-10H,6-7H2,1H3. The number of nitrogens with zero attached hydrogens (tertiary/aromatic N) is 2. The third-order valence-corrected chi connectivity index (χ3v) is 5.62. The maximum Gasteiger partial charge on any atom is 0.738 e. The molecule has 1 aromatic carbocycles. The molecule has 5 rings (SSSR count). The lowest BCUT2D eigenvalue weighted by atomic mass is 9.84. The molecule has 0 fully saturated rings. The van der Waals surface area contributed by atoms with Crippen LogP contribution in [0.4, 0.5) is 8.63 Å².